The van der Waals surface area contributed by atoms with Crippen molar-refractivity contribution >= 4 is 5.69 Å². The van der Waals surface area contributed by atoms with Gasteiger partial charge in [-0.2, -0.15) is 5.26 Å². The summed E-state index contributed by atoms with van der Waals surface area (Å²) in [7, 11) is 0. The Morgan fingerprint density at radius 2 is 2.31 bits per heavy atom. The number of nitrogens with zero attached hydrogens (tertiary/aromatic N) is 2. The Morgan fingerprint density at radius 1 is 1.62 bits per heavy atom. The maximum atomic E-state index is 11.2. The predicted octanol–water partition coefficient (Wildman–Crippen LogP) is 0.857. The number of nitrogens with one attached hydrogen (secondary N) is 1. The number of hydrogen-bond donors (Lipinski definition) is 1. The molecule has 1 aromatic rings. The standard InChI is InChI=1S/C10H7N3O3/c1-7-8(4-2-3-5-11)6-12-10(14)9(7)13(15)16/h6H,3H2,1H3,(H,12,14). The highest BCUT2D eigenvalue weighted by molar-refractivity contribution is 5.49. The van der Waals surface area contributed by atoms with Crippen molar-refractivity contribution in [1.29, 1.82) is 5.26 Å². The molecule has 1 N–H and O–H groups in total. The summed E-state index contributed by atoms with van der Waals surface area (Å²) in [6.45, 7) is 1.45. The van der Waals surface area contributed by atoms with Crippen molar-refractivity contribution in [3.8, 4) is 17.9 Å². The smallest absolute Gasteiger partial charge is 0.322 e. The van der Waals surface area contributed by atoms with Crippen molar-refractivity contribution in [3.05, 3.63) is 37.8 Å². The van der Waals surface area contributed by atoms with E-state index in [1.165, 1.54) is 13.1 Å². The van der Waals surface area contributed by atoms with Crippen molar-refractivity contribution in [3.63, 3.8) is 0 Å². The summed E-state index contributed by atoms with van der Waals surface area (Å²) in [5.41, 5.74) is -0.710. The number of nitriles is 1. The van der Waals surface area contributed by atoms with Gasteiger partial charge in [-0.15, -0.1) is 0 Å². The zero-order valence-electron chi connectivity index (χ0n) is 8.40. The van der Waals surface area contributed by atoms with Crippen LogP contribution in [0.15, 0.2) is 11.0 Å². The first-order valence-electron chi connectivity index (χ1n) is 4.30. The normalized spacial score (nSPS) is 8.75. The summed E-state index contributed by atoms with van der Waals surface area (Å²) in [5.74, 6) is 5.11. The first-order chi connectivity index (χ1) is 7.57. The molecule has 1 heterocycles. The lowest BCUT2D eigenvalue weighted by Gasteiger charge is -1.97. The number of nitro groups is 1. The molecule has 0 unspecified atom stereocenters. The number of aromatic nitrogens is 1. The molecule has 0 saturated heterocycles. The van der Waals surface area contributed by atoms with Crippen LogP contribution in [0, 0.1) is 40.2 Å². The highest BCUT2D eigenvalue weighted by atomic mass is 16.6. The minimum atomic E-state index is -0.756. The molecule has 0 aliphatic rings. The number of hydrogen-bond acceptors (Lipinski definition) is 4. The molecule has 0 saturated carbocycles. The van der Waals surface area contributed by atoms with Gasteiger partial charge in [0.2, 0.25) is 0 Å². The van der Waals surface area contributed by atoms with Crippen LogP contribution in [0.4, 0.5) is 5.69 Å². The van der Waals surface area contributed by atoms with Crippen LogP contribution in [-0.4, -0.2) is 9.91 Å². The first-order valence-corrected chi connectivity index (χ1v) is 4.30. The van der Waals surface area contributed by atoms with Gasteiger partial charge in [-0.05, 0) is 6.92 Å². The summed E-state index contributed by atoms with van der Waals surface area (Å²) in [6, 6.07) is 1.83. The Bertz CT molecular complexity index is 584. The molecular formula is C10H7N3O3. The monoisotopic (exact) mass is 217 g/mol. The van der Waals surface area contributed by atoms with Crippen molar-refractivity contribution in [1.82, 2.24) is 4.98 Å². The fraction of sp³-hybridized carbons (Fsp3) is 0.200. The van der Waals surface area contributed by atoms with Gasteiger partial charge in [0.05, 0.1) is 23.0 Å². The molecule has 6 nitrogen and oxygen atoms in total. The highest BCUT2D eigenvalue weighted by Gasteiger charge is 2.18. The minimum Gasteiger partial charge on any atom is -0.322 e. The topological polar surface area (TPSA) is 99.8 Å². The van der Waals surface area contributed by atoms with Crippen molar-refractivity contribution in [2.75, 3.05) is 0 Å². The lowest BCUT2D eigenvalue weighted by molar-refractivity contribution is -0.386. The molecule has 1 rings (SSSR count). The summed E-state index contributed by atoms with van der Waals surface area (Å²) in [4.78, 5) is 23.3. The number of rotatable bonds is 1. The first kappa shape index (κ1) is 11.5. The molecular weight excluding hydrogens is 210 g/mol. The van der Waals surface area contributed by atoms with Gasteiger partial charge >= 0.3 is 11.2 Å². The van der Waals surface area contributed by atoms with Gasteiger partial charge in [0.25, 0.3) is 0 Å². The van der Waals surface area contributed by atoms with Gasteiger partial charge < -0.3 is 4.98 Å². The fourth-order valence-electron chi connectivity index (χ4n) is 1.14. The molecule has 1 aromatic heterocycles. The van der Waals surface area contributed by atoms with Crippen LogP contribution in [0.25, 0.3) is 0 Å². The number of H-pyrrole nitrogens is 1. The van der Waals surface area contributed by atoms with Crippen molar-refractivity contribution in [2.24, 2.45) is 0 Å². The van der Waals surface area contributed by atoms with Gasteiger partial charge in [-0.3, -0.25) is 14.9 Å². The SMILES string of the molecule is Cc1c(C#CCC#N)c[nH]c(=O)c1[N+](=O)[O-]. The molecule has 0 atom stereocenters. The fourth-order valence-corrected chi connectivity index (χ4v) is 1.14. The molecule has 0 amide bonds. The Morgan fingerprint density at radius 3 is 2.88 bits per heavy atom. The van der Waals surface area contributed by atoms with Crippen LogP contribution in [-0.2, 0) is 0 Å². The van der Waals surface area contributed by atoms with Crippen LogP contribution < -0.4 is 5.56 Å². The largest absolute Gasteiger partial charge is 0.337 e. The van der Waals surface area contributed by atoms with E-state index in [0.29, 0.717) is 5.56 Å². The zero-order chi connectivity index (χ0) is 12.1. The molecule has 0 aliphatic carbocycles. The van der Waals surface area contributed by atoms with Gasteiger partial charge in [0.15, 0.2) is 0 Å². The average molecular weight is 217 g/mol. The lowest BCUT2D eigenvalue weighted by Crippen LogP contribution is -2.13. The second kappa shape index (κ2) is 4.76. The molecule has 80 valence electrons. The third kappa shape index (κ3) is 2.25. The van der Waals surface area contributed by atoms with E-state index >= 15 is 0 Å². The van der Waals surface area contributed by atoms with E-state index in [-0.39, 0.29) is 12.0 Å². The van der Waals surface area contributed by atoms with E-state index in [1.807, 2.05) is 6.07 Å². The third-order valence-electron chi connectivity index (χ3n) is 1.89. The Hall–Kier alpha value is -2.60. The van der Waals surface area contributed by atoms with E-state index in [4.69, 9.17) is 5.26 Å². The summed E-state index contributed by atoms with van der Waals surface area (Å²) >= 11 is 0. The third-order valence-corrected chi connectivity index (χ3v) is 1.89. The van der Waals surface area contributed by atoms with Crippen LogP contribution in [0.1, 0.15) is 17.5 Å². The minimum absolute atomic E-state index is 0.0341. The van der Waals surface area contributed by atoms with Gasteiger partial charge in [0.1, 0.15) is 0 Å². The Labute approximate surface area is 90.7 Å². The summed E-state index contributed by atoms with van der Waals surface area (Å²) in [5, 5.41) is 18.9. The second-order valence-electron chi connectivity index (χ2n) is 2.90. The lowest BCUT2D eigenvalue weighted by atomic mass is 10.1. The maximum Gasteiger partial charge on any atom is 0.337 e. The Kier molecular flexibility index (Phi) is 3.41. The van der Waals surface area contributed by atoms with Gasteiger partial charge in [-0.25, -0.2) is 0 Å². The molecule has 0 aliphatic heterocycles. The maximum absolute atomic E-state index is 11.2. The van der Waals surface area contributed by atoms with Crippen molar-refractivity contribution in [2.45, 2.75) is 13.3 Å². The number of aromatic amines is 1. The molecule has 0 radical (unpaired) electrons. The molecule has 0 spiro atoms. The van der Waals surface area contributed by atoms with Crippen LogP contribution in [0.3, 0.4) is 0 Å². The quantitative estimate of drug-likeness (QED) is 0.428. The van der Waals surface area contributed by atoms with Crippen LogP contribution in [0.5, 0.6) is 0 Å². The molecule has 0 aromatic carbocycles. The van der Waals surface area contributed by atoms with E-state index < -0.39 is 16.2 Å². The van der Waals surface area contributed by atoms with Gasteiger partial charge in [-0.1, -0.05) is 11.8 Å². The summed E-state index contributed by atoms with van der Waals surface area (Å²) < 4.78 is 0. The zero-order valence-corrected chi connectivity index (χ0v) is 8.40. The van der Waals surface area contributed by atoms with Crippen LogP contribution in [0.2, 0.25) is 0 Å². The summed E-state index contributed by atoms with van der Waals surface area (Å²) in [6.07, 6.45) is 1.33. The second-order valence-corrected chi connectivity index (χ2v) is 2.90. The molecule has 6 heteroatoms. The molecule has 16 heavy (non-hydrogen) atoms. The van der Waals surface area contributed by atoms with E-state index in [0.717, 1.165) is 0 Å². The average Bonchev–Trinajstić information content (AvgIpc) is 2.21. The van der Waals surface area contributed by atoms with Crippen molar-refractivity contribution < 1.29 is 4.92 Å². The highest BCUT2D eigenvalue weighted by Crippen LogP contribution is 2.14. The predicted molar refractivity (Wildman–Crippen MR) is 55.6 cm³/mol. The van der Waals surface area contributed by atoms with E-state index in [1.54, 1.807) is 0 Å². The molecule has 0 fully saturated rings. The number of pyridine rings is 1. The molecule has 0 bridgehead atoms. The van der Waals surface area contributed by atoms with E-state index in [9.17, 15) is 14.9 Å². The van der Waals surface area contributed by atoms with E-state index in [2.05, 4.69) is 16.8 Å². The van der Waals surface area contributed by atoms with Gasteiger partial charge in [0, 0.05) is 11.8 Å². The Balaban J connectivity index is 3.32. The van der Waals surface area contributed by atoms with Crippen LogP contribution >= 0.6 is 0 Å².